The first kappa shape index (κ1) is 17.1. The molecule has 0 bridgehead atoms. The van der Waals surface area contributed by atoms with Crippen LogP contribution in [0.15, 0.2) is 42.5 Å². The molecule has 0 unspecified atom stereocenters. The van der Waals surface area contributed by atoms with E-state index < -0.39 is 5.60 Å². The summed E-state index contributed by atoms with van der Waals surface area (Å²) >= 11 is 0. The second kappa shape index (κ2) is 6.91. The number of hydrogen-bond donors (Lipinski definition) is 2. The molecular formula is C19H20FNO2. The summed E-state index contributed by atoms with van der Waals surface area (Å²) in [6.45, 7) is 10.8. The highest BCUT2D eigenvalue weighted by Crippen LogP contribution is 2.38. The van der Waals surface area contributed by atoms with E-state index in [0.717, 1.165) is 0 Å². The highest BCUT2D eigenvalue weighted by molar-refractivity contribution is 5.52. The first-order valence-electron chi connectivity index (χ1n) is 7.51. The van der Waals surface area contributed by atoms with Gasteiger partial charge >= 0.3 is 0 Å². The van der Waals surface area contributed by atoms with E-state index in [4.69, 9.17) is 6.57 Å². The Morgan fingerprint density at radius 1 is 1.17 bits per heavy atom. The fraction of sp³-hybridized carbons (Fsp3) is 0.316. The largest absolute Gasteiger partial charge is 0.392 e. The standard InChI is InChI=1S/C19H20FNO2/c1-13(2)11-19(23,15-4-6-16(20)7-5-15)18-9-8-17(21-3)10-14(18)12-22/h4-10,13,22-23H,11-12H2,1-2H3/t19-/m1/s1. The molecule has 0 aromatic heterocycles. The monoisotopic (exact) mass is 313 g/mol. The molecule has 3 nitrogen and oxygen atoms in total. The fourth-order valence-corrected chi connectivity index (χ4v) is 2.88. The van der Waals surface area contributed by atoms with Crippen LogP contribution in [0, 0.1) is 18.3 Å². The van der Waals surface area contributed by atoms with Crippen LogP contribution in [0.1, 0.15) is 37.0 Å². The van der Waals surface area contributed by atoms with E-state index >= 15 is 0 Å². The molecule has 4 heteroatoms. The van der Waals surface area contributed by atoms with E-state index in [9.17, 15) is 14.6 Å². The lowest BCUT2D eigenvalue weighted by atomic mass is 9.78. The molecule has 0 spiro atoms. The maximum atomic E-state index is 13.2. The molecule has 120 valence electrons. The molecule has 2 aromatic carbocycles. The van der Waals surface area contributed by atoms with Crippen molar-refractivity contribution < 1.29 is 14.6 Å². The van der Waals surface area contributed by atoms with Gasteiger partial charge in [0.05, 0.1) is 13.2 Å². The molecule has 0 fully saturated rings. The Labute approximate surface area is 135 Å². The summed E-state index contributed by atoms with van der Waals surface area (Å²) in [5.74, 6) is -0.191. The first-order chi connectivity index (χ1) is 10.9. The number of benzene rings is 2. The van der Waals surface area contributed by atoms with Crippen LogP contribution in [0.5, 0.6) is 0 Å². The van der Waals surface area contributed by atoms with Gasteiger partial charge in [-0.1, -0.05) is 44.2 Å². The van der Waals surface area contributed by atoms with Gasteiger partial charge in [0, 0.05) is 0 Å². The summed E-state index contributed by atoms with van der Waals surface area (Å²) in [7, 11) is 0. The number of rotatable bonds is 5. The molecule has 2 aromatic rings. The minimum atomic E-state index is -1.35. The molecule has 23 heavy (non-hydrogen) atoms. The van der Waals surface area contributed by atoms with E-state index in [2.05, 4.69) is 4.85 Å². The van der Waals surface area contributed by atoms with E-state index in [1.165, 1.54) is 12.1 Å². The second-order valence-electron chi connectivity index (χ2n) is 6.08. The Balaban J connectivity index is 2.63. The van der Waals surface area contributed by atoms with Gasteiger partial charge in [-0.25, -0.2) is 9.24 Å². The predicted octanol–water partition coefficient (Wildman–Crippen LogP) is 4.15. The van der Waals surface area contributed by atoms with Crippen LogP contribution in [-0.2, 0) is 12.2 Å². The lowest BCUT2D eigenvalue weighted by Crippen LogP contribution is -2.30. The number of halogens is 1. The maximum absolute atomic E-state index is 13.2. The van der Waals surface area contributed by atoms with Gasteiger partial charge in [0.25, 0.3) is 0 Å². The van der Waals surface area contributed by atoms with Crippen LogP contribution in [0.25, 0.3) is 4.85 Å². The Morgan fingerprint density at radius 3 is 2.35 bits per heavy atom. The molecule has 0 aliphatic rings. The fourth-order valence-electron chi connectivity index (χ4n) is 2.88. The summed E-state index contributed by atoms with van der Waals surface area (Å²) in [6, 6.07) is 10.6. The van der Waals surface area contributed by atoms with Gasteiger partial charge in [0.2, 0.25) is 0 Å². The van der Waals surface area contributed by atoms with Gasteiger partial charge < -0.3 is 10.2 Å². The zero-order chi connectivity index (χ0) is 17.0. The maximum Gasteiger partial charge on any atom is 0.187 e. The molecule has 2 N–H and O–H groups in total. The molecular weight excluding hydrogens is 293 g/mol. The van der Waals surface area contributed by atoms with Gasteiger partial charge in [-0.3, -0.25) is 0 Å². The first-order valence-corrected chi connectivity index (χ1v) is 7.51. The van der Waals surface area contributed by atoms with Crippen molar-refractivity contribution in [3.63, 3.8) is 0 Å². The predicted molar refractivity (Wildman–Crippen MR) is 87.5 cm³/mol. The lowest BCUT2D eigenvalue weighted by molar-refractivity contribution is 0.0552. The molecule has 0 aliphatic heterocycles. The van der Waals surface area contributed by atoms with Crippen molar-refractivity contribution in [2.24, 2.45) is 5.92 Å². The molecule has 0 saturated carbocycles. The van der Waals surface area contributed by atoms with Crippen LogP contribution < -0.4 is 0 Å². The average molecular weight is 313 g/mol. The van der Waals surface area contributed by atoms with Gasteiger partial charge in [-0.15, -0.1) is 0 Å². The minimum Gasteiger partial charge on any atom is -0.392 e. The van der Waals surface area contributed by atoms with Crippen LogP contribution in [0.2, 0.25) is 0 Å². The summed E-state index contributed by atoms with van der Waals surface area (Å²) in [5.41, 5.74) is 0.681. The quantitative estimate of drug-likeness (QED) is 0.814. The zero-order valence-corrected chi connectivity index (χ0v) is 13.3. The SMILES string of the molecule is [C-]#[N+]c1ccc([C@@](O)(CC(C)C)c2ccc(F)cc2)c(CO)c1. The second-order valence-corrected chi connectivity index (χ2v) is 6.08. The van der Waals surface area contributed by atoms with Gasteiger partial charge in [0.1, 0.15) is 11.4 Å². The Kier molecular flexibility index (Phi) is 5.15. The topological polar surface area (TPSA) is 44.8 Å². The number of hydrogen-bond acceptors (Lipinski definition) is 2. The minimum absolute atomic E-state index is 0.178. The lowest BCUT2D eigenvalue weighted by Gasteiger charge is -2.33. The van der Waals surface area contributed by atoms with E-state index in [0.29, 0.717) is 28.8 Å². The molecule has 0 radical (unpaired) electrons. The third kappa shape index (κ3) is 3.58. The number of aliphatic hydroxyl groups excluding tert-OH is 1. The average Bonchev–Trinajstić information content (AvgIpc) is 2.54. The smallest absolute Gasteiger partial charge is 0.187 e. The molecule has 0 saturated heterocycles. The Morgan fingerprint density at radius 2 is 1.83 bits per heavy atom. The number of aliphatic hydroxyl groups is 2. The molecule has 0 heterocycles. The van der Waals surface area contributed by atoms with Crippen molar-refractivity contribution in [1.29, 1.82) is 0 Å². The molecule has 0 aliphatic carbocycles. The van der Waals surface area contributed by atoms with Crippen LogP contribution in [0.4, 0.5) is 10.1 Å². The van der Waals surface area contributed by atoms with Crippen molar-refractivity contribution in [3.8, 4) is 0 Å². The highest BCUT2D eigenvalue weighted by atomic mass is 19.1. The highest BCUT2D eigenvalue weighted by Gasteiger charge is 2.34. The van der Waals surface area contributed by atoms with Gasteiger partial charge in [-0.05, 0) is 41.2 Å². The zero-order valence-electron chi connectivity index (χ0n) is 13.3. The third-order valence-corrected chi connectivity index (χ3v) is 3.86. The van der Waals surface area contributed by atoms with Crippen molar-refractivity contribution in [1.82, 2.24) is 0 Å². The van der Waals surface area contributed by atoms with Crippen molar-refractivity contribution in [3.05, 3.63) is 76.4 Å². The van der Waals surface area contributed by atoms with Crippen LogP contribution >= 0.6 is 0 Å². The van der Waals surface area contributed by atoms with Crippen LogP contribution in [0.3, 0.4) is 0 Å². The third-order valence-electron chi connectivity index (χ3n) is 3.86. The summed E-state index contributed by atoms with van der Waals surface area (Å²) in [5, 5.41) is 21.0. The number of nitrogens with zero attached hydrogens (tertiary/aromatic N) is 1. The van der Waals surface area contributed by atoms with Crippen molar-refractivity contribution in [2.75, 3.05) is 0 Å². The molecule has 2 rings (SSSR count). The summed E-state index contributed by atoms with van der Waals surface area (Å²) < 4.78 is 13.2. The molecule has 1 atom stereocenters. The summed E-state index contributed by atoms with van der Waals surface area (Å²) in [4.78, 5) is 3.36. The Bertz CT molecular complexity index is 719. The van der Waals surface area contributed by atoms with E-state index in [1.807, 2.05) is 13.8 Å². The van der Waals surface area contributed by atoms with E-state index in [-0.39, 0.29) is 18.3 Å². The van der Waals surface area contributed by atoms with Crippen LogP contribution in [-0.4, -0.2) is 10.2 Å². The van der Waals surface area contributed by atoms with Crippen molar-refractivity contribution >= 4 is 5.69 Å². The van der Waals surface area contributed by atoms with Gasteiger partial charge in [0.15, 0.2) is 5.69 Å². The van der Waals surface area contributed by atoms with Crippen molar-refractivity contribution in [2.45, 2.75) is 32.5 Å². The normalized spacial score (nSPS) is 13.6. The Hall–Kier alpha value is -2.22. The molecule has 0 amide bonds. The van der Waals surface area contributed by atoms with E-state index in [1.54, 1.807) is 30.3 Å². The van der Waals surface area contributed by atoms with Gasteiger partial charge in [-0.2, -0.15) is 0 Å². The summed E-state index contributed by atoms with van der Waals surface area (Å²) in [6.07, 6.45) is 0.420.